The number of hydrogen-bond acceptors (Lipinski definition) is 3. The summed E-state index contributed by atoms with van der Waals surface area (Å²) in [6.07, 6.45) is 2.96. The van der Waals surface area contributed by atoms with Gasteiger partial charge in [-0.2, -0.15) is 5.10 Å². The van der Waals surface area contributed by atoms with Crippen LogP contribution in [-0.4, -0.2) is 15.8 Å². The second-order valence-electron chi connectivity index (χ2n) is 3.91. The van der Waals surface area contributed by atoms with E-state index in [-0.39, 0.29) is 0 Å². The second-order valence-corrected chi connectivity index (χ2v) is 4.94. The van der Waals surface area contributed by atoms with Crippen LogP contribution in [0.2, 0.25) is 0 Å². The minimum Gasteiger partial charge on any atom is -0.368 e. The van der Waals surface area contributed by atoms with Gasteiger partial charge in [-0.1, -0.05) is 13.0 Å². The zero-order valence-corrected chi connectivity index (χ0v) is 10.5. The van der Waals surface area contributed by atoms with E-state index in [1.807, 2.05) is 16.9 Å². The molecule has 0 bridgehead atoms. The number of nitrogens with zero attached hydrogens (tertiary/aromatic N) is 2. The summed E-state index contributed by atoms with van der Waals surface area (Å²) >= 11 is 1.77. The fraction of sp³-hybridized carbons (Fsp3) is 0.417. The van der Waals surface area contributed by atoms with E-state index >= 15 is 0 Å². The Morgan fingerprint density at radius 3 is 3.06 bits per heavy atom. The predicted octanol–water partition coefficient (Wildman–Crippen LogP) is 3.20. The number of aromatic nitrogens is 2. The van der Waals surface area contributed by atoms with Crippen LogP contribution in [0, 0.1) is 0 Å². The van der Waals surface area contributed by atoms with Gasteiger partial charge >= 0.3 is 0 Å². The summed E-state index contributed by atoms with van der Waals surface area (Å²) in [7, 11) is 0. The first-order valence-corrected chi connectivity index (χ1v) is 6.48. The second kappa shape index (κ2) is 5.16. The summed E-state index contributed by atoms with van der Waals surface area (Å²) in [5, 5.41) is 9.89. The van der Waals surface area contributed by atoms with Gasteiger partial charge in [-0.05, 0) is 24.8 Å². The van der Waals surface area contributed by atoms with Crippen LogP contribution < -0.4 is 5.32 Å². The molecule has 1 unspecified atom stereocenters. The van der Waals surface area contributed by atoms with Gasteiger partial charge in [-0.15, -0.1) is 11.3 Å². The Hall–Kier alpha value is -1.29. The number of anilines is 1. The van der Waals surface area contributed by atoms with Gasteiger partial charge < -0.3 is 5.32 Å². The molecule has 2 aromatic rings. The molecule has 0 saturated carbocycles. The third-order valence-corrected chi connectivity index (χ3v) is 3.47. The zero-order valence-electron chi connectivity index (χ0n) is 9.68. The minimum atomic E-state index is 0.485. The lowest BCUT2D eigenvalue weighted by molar-refractivity contribution is 0.676. The Kier molecular flexibility index (Phi) is 3.62. The van der Waals surface area contributed by atoms with Crippen LogP contribution in [0.25, 0.3) is 0 Å². The van der Waals surface area contributed by atoms with E-state index in [1.165, 1.54) is 4.88 Å². The summed E-state index contributed by atoms with van der Waals surface area (Å²) in [5.41, 5.74) is 0. The van der Waals surface area contributed by atoms with Crippen LogP contribution in [-0.2, 0) is 6.54 Å². The molecule has 0 saturated heterocycles. The smallest absolute Gasteiger partial charge is 0.124 e. The van der Waals surface area contributed by atoms with Crippen LogP contribution >= 0.6 is 11.3 Å². The van der Waals surface area contributed by atoms with Crippen molar-refractivity contribution in [3.8, 4) is 0 Å². The molecule has 0 radical (unpaired) electrons. The largest absolute Gasteiger partial charge is 0.368 e. The highest BCUT2D eigenvalue weighted by Crippen LogP contribution is 2.15. The lowest BCUT2D eigenvalue weighted by Crippen LogP contribution is -2.17. The highest BCUT2D eigenvalue weighted by Gasteiger charge is 2.05. The van der Waals surface area contributed by atoms with Crippen molar-refractivity contribution in [1.82, 2.24) is 9.78 Å². The molecule has 0 spiro atoms. The molecule has 0 fully saturated rings. The Labute approximate surface area is 100 Å². The maximum absolute atomic E-state index is 4.34. The Morgan fingerprint density at radius 2 is 2.38 bits per heavy atom. The van der Waals surface area contributed by atoms with E-state index in [2.05, 4.69) is 41.8 Å². The molecule has 2 heterocycles. The van der Waals surface area contributed by atoms with Crippen LogP contribution in [0.1, 0.15) is 25.1 Å². The van der Waals surface area contributed by atoms with Gasteiger partial charge in [0.2, 0.25) is 0 Å². The first-order valence-electron chi connectivity index (χ1n) is 5.60. The van der Waals surface area contributed by atoms with E-state index in [0.29, 0.717) is 6.04 Å². The molecule has 2 aromatic heterocycles. The number of hydrogen-bond donors (Lipinski definition) is 1. The number of rotatable bonds is 5. The molecule has 2 rings (SSSR count). The molecule has 86 valence electrons. The summed E-state index contributed by atoms with van der Waals surface area (Å²) in [6, 6.07) is 6.73. The first-order chi connectivity index (χ1) is 7.79. The van der Waals surface area contributed by atoms with Crippen molar-refractivity contribution in [3.05, 3.63) is 34.7 Å². The van der Waals surface area contributed by atoms with Crippen LogP contribution in [0.4, 0.5) is 5.82 Å². The molecule has 0 aliphatic rings. The van der Waals surface area contributed by atoms with Crippen LogP contribution in [0.3, 0.4) is 0 Å². The molecule has 0 aliphatic heterocycles. The summed E-state index contributed by atoms with van der Waals surface area (Å²) < 4.78 is 2.01. The van der Waals surface area contributed by atoms with Crippen molar-refractivity contribution in [2.75, 3.05) is 5.32 Å². The average molecular weight is 235 g/mol. The lowest BCUT2D eigenvalue weighted by Gasteiger charge is -2.14. The normalized spacial score (nSPS) is 12.6. The van der Waals surface area contributed by atoms with E-state index in [0.717, 1.165) is 18.8 Å². The van der Waals surface area contributed by atoms with Crippen molar-refractivity contribution in [2.24, 2.45) is 0 Å². The molecule has 1 atom stereocenters. The van der Waals surface area contributed by atoms with Crippen molar-refractivity contribution in [1.29, 1.82) is 0 Å². The van der Waals surface area contributed by atoms with E-state index in [4.69, 9.17) is 0 Å². The molecule has 0 aromatic carbocycles. The Balaban J connectivity index is 2.07. The average Bonchev–Trinajstić information content (AvgIpc) is 2.92. The fourth-order valence-electron chi connectivity index (χ4n) is 1.49. The van der Waals surface area contributed by atoms with Crippen molar-refractivity contribution in [2.45, 2.75) is 32.9 Å². The highest BCUT2D eigenvalue weighted by atomic mass is 32.1. The molecule has 0 amide bonds. The van der Waals surface area contributed by atoms with Gasteiger partial charge in [0.1, 0.15) is 5.82 Å². The van der Waals surface area contributed by atoms with Gasteiger partial charge in [0.15, 0.2) is 0 Å². The van der Waals surface area contributed by atoms with E-state index in [9.17, 15) is 0 Å². The molecule has 3 nitrogen and oxygen atoms in total. The van der Waals surface area contributed by atoms with E-state index in [1.54, 1.807) is 11.3 Å². The molecule has 0 aliphatic carbocycles. The fourth-order valence-corrected chi connectivity index (χ4v) is 2.17. The Bertz CT molecular complexity index is 419. The SMILES string of the molecule is CCC(C)Nc1ccnn1Cc1cccs1. The molecule has 16 heavy (non-hydrogen) atoms. The highest BCUT2D eigenvalue weighted by molar-refractivity contribution is 7.09. The third-order valence-electron chi connectivity index (χ3n) is 2.61. The molecular formula is C12H17N3S. The molecular weight excluding hydrogens is 218 g/mol. The first kappa shape index (κ1) is 11.2. The van der Waals surface area contributed by atoms with Crippen LogP contribution in [0.5, 0.6) is 0 Å². The number of nitrogens with one attached hydrogen (secondary N) is 1. The third kappa shape index (κ3) is 2.64. The molecule has 4 heteroatoms. The van der Waals surface area contributed by atoms with Gasteiger partial charge in [-0.25, -0.2) is 4.68 Å². The predicted molar refractivity (Wildman–Crippen MR) is 69.0 cm³/mol. The van der Waals surface area contributed by atoms with Crippen molar-refractivity contribution in [3.63, 3.8) is 0 Å². The van der Waals surface area contributed by atoms with Gasteiger partial charge in [0.25, 0.3) is 0 Å². The van der Waals surface area contributed by atoms with Crippen LogP contribution in [0.15, 0.2) is 29.8 Å². The topological polar surface area (TPSA) is 29.9 Å². The van der Waals surface area contributed by atoms with E-state index < -0.39 is 0 Å². The summed E-state index contributed by atoms with van der Waals surface area (Å²) in [6.45, 7) is 5.21. The van der Waals surface area contributed by atoms with Gasteiger partial charge in [0, 0.05) is 17.0 Å². The standard InChI is InChI=1S/C12H17N3S/c1-3-10(2)14-12-6-7-13-15(12)9-11-5-4-8-16-11/h4-8,10,14H,3,9H2,1-2H3. The lowest BCUT2D eigenvalue weighted by atomic mass is 10.2. The molecule has 1 N–H and O–H groups in total. The Morgan fingerprint density at radius 1 is 1.50 bits per heavy atom. The van der Waals surface area contributed by atoms with Gasteiger partial charge in [0.05, 0.1) is 12.7 Å². The monoisotopic (exact) mass is 235 g/mol. The summed E-state index contributed by atoms with van der Waals surface area (Å²) in [5.74, 6) is 1.10. The quantitative estimate of drug-likeness (QED) is 0.862. The number of thiophene rings is 1. The van der Waals surface area contributed by atoms with Gasteiger partial charge in [-0.3, -0.25) is 0 Å². The minimum absolute atomic E-state index is 0.485. The zero-order chi connectivity index (χ0) is 11.4. The maximum atomic E-state index is 4.34. The van der Waals surface area contributed by atoms with Crippen molar-refractivity contribution >= 4 is 17.2 Å². The summed E-state index contributed by atoms with van der Waals surface area (Å²) in [4.78, 5) is 1.33. The van der Waals surface area contributed by atoms with Crippen molar-refractivity contribution < 1.29 is 0 Å². The maximum Gasteiger partial charge on any atom is 0.124 e.